The summed E-state index contributed by atoms with van der Waals surface area (Å²) >= 11 is 0. The highest BCUT2D eigenvalue weighted by atomic mass is 16.5. The van der Waals surface area contributed by atoms with Crippen LogP contribution >= 0.6 is 0 Å². The Kier molecular flexibility index (Phi) is 5.23. The number of urea groups is 1. The molecule has 0 radical (unpaired) electrons. The van der Waals surface area contributed by atoms with Gasteiger partial charge in [-0.3, -0.25) is 4.79 Å². The Labute approximate surface area is 119 Å². The van der Waals surface area contributed by atoms with Crippen LogP contribution in [0.4, 0.5) is 4.79 Å². The van der Waals surface area contributed by atoms with Gasteiger partial charge in [-0.15, -0.1) is 0 Å². The number of carboxylic acids is 1. The van der Waals surface area contributed by atoms with Crippen LogP contribution in [-0.4, -0.2) is 54.4 Å². The van der Waals surface area contributed by atoms with E-state index >= 15 is 0 Å². The lowest BCUT2D eigenvalue weighted by Crippen LogP contribution is -2.51. The molecule has 0 bridgehead atoms. The molecule has 6 nitrogen and oxygen atoms in total. The second-order valence-electron chi connectivity index (χ2n) is 5.81. The van der Waals surface area contributed by atoms with Crippen molar-refractivity contribution in [3.05, 3.63) is 0 Å². The minimum atomic E-state index is -0.806. The minimum absolute atomic E-state index is 0.108. The van der Waals surface area contributed by atoms with Crippen LogP contribution < -0.4 is 5.32 Å². The zero-order valence-corrected chi connectivity index (χ0v) is 12.0. The second kappa shape index (κ2) is 6.92. The number of nitrogens with zero attached hydrogens (tertiary/aromatic N) is 1. The molecule has 2 amide bonds. The van der Waals surface area contributed by atoms with Gasteiger partial charge in [0, 0.05) is 32.3 Å². The van der Waals surface area contributed by atoms with Gasteiger partial charge in [-0.05, 0) is 38.5 Å². The van der Waals surface area contributed by atoms with E-state index in [0.717, 1.165) is 32.5 Å². The molecule has 0 spiro atoms. The van der Waals surface area contributed by atoms with Crippen LogP contribution in [0.2, 0.25) is 0 Å². The molecule has 2 N–H and O–H groups in total. The topological polar surface area (TPSA) is 78.9 Å². The molecule has 2 saturated heterocycles. The minimum Gasteiger partial charge on any atom is -0.481 e. The van der Waals surface area contributed by atoms with Crippen LogP contribution in [0, 0.1) is 11.8 Å². The summed E-state index contributed by atoms with van der Waals surface area (Å²) in [5.41, 5.74) is 0. The summed E-state index contributed by atoms with van der Waals surface area (Å²) in [5.74, 6) is -0.777. The van der Waals surface area contributed by atoms with E-state index in [1.807, 2.05) is 6.92 Å². The third-order valence-corrected chi connectivity index (χ3v) is 4.38. The molecule has 6 heteroatoms. The van der Waals surface area contributed by atoms with Gasteiger partial charge >= 0.3 is 12.0 Å². The molecule has 2 rings (SSSR count). The summed E-state index contributed by atoms with van der Waals surface area (Å²) in [4.78, 5) is 24.9. The van der Waals surface area contributed by atoms with E-state index in [-0.39, 0.29) is 12.1 Å². The summed E-state index contributed by atoms with van der Waals surface area (Å²) in [7, 11) is 0. The van der Waals surface area contributed by atoms with Gasteiger partial charge in [0.05, 0.1) is 5.92 Å². The van der Waals surface area contributed by atoms with Gasteiger partial charge in [0.1, 0.15) is 0 Å². The van der Waals surface area contributed by atoms with Crippen LogP contribution in [0.25, 0.3) is 0 Å². The molecule has 2 fully saturated rings. The lowest BCUT2D eigenvalue weighted by atomic mass is 9.93. The molecule has 0 aliphatic carbocycles. The smallest absolute Gasteiger partial charge is 0.317 e. The zero-order chi connectivity index (χ0) is 14.5. The number of carbonyl (C=O) groups is 2. The SMILES string of the molecule is CC(NC(=O)N1CCCC(C(=O)O)C1)C1CCOCC1. The average Bonchev–Trinajstić information content (AvgIpc) is 2.48. The Morgan fingerprint density at radius 1 is 1.30 bits per heavy atom. The zero-order valence-electron chi connectivity index (χ0n) is 12.0. The van der Waals surface area contributed by atoms with Crippen molar-refractivity contribution in [2.75, 3.05) is 26.3 Å². The van der Waals surface area contributed by atoms with Crippen molar-refractivity contribution >= 4 is 12.0 Å². The predicted octanol–water partition coefficient (Wildman–Crippen LogP) is 1.31. The Bertz CT molecular complexity index is 355. The highest BCUT2D eigenvalue weighted by Gasteiger charge is 2.29. The fourth-order valence-corrected chi connectivity index (χ4v) is 2.98. The van der Waals surface area contributed by atoms with Crippen LogP contribution in [0.1, 0.15) is 32.6 Å². The van der Waals surface area contributed by atoms with Gasteiger partial charge in [0.25, 0.3) is 0 Å². The molecule has 0 aromatic heterocycles. The van der Waals surface area contributed by atoms with Crippen molar-refractivity contribution in [3.8, 4) is 0 Å². The first-order valence-corrected chi connectivity index (χ1v) is 7.44. The number of amides is 2. The van der Waals surface area contributed by atoms with Gasteiger partial charge < -0.3 is 20.1 Å². The normalized spacial score (nSPS) is 26.1. The second-order valence-corrected chi connectivity index (χ2v) is 5.81. The Balaban J connectivity index is 1.82. The van der Waals surface area contributed by atoms with Gasteiger partial charge in [-0.2, -0.15) is 0 Å². The summed E-state index contributed by atoms with van der Waals surface area (Å²) in [6, 6.07) is -0.0217. The number of nitrogens with one attached hydrogen (secondary N) is 1. The van der Waals surface area contributed by atoms with Gasteiger partial charge in [-0.1, -0.05) is 0 Å². The molecule has 2 unspecified atom stereocenters. The number of piperidine rings is 1. The van der Waals surface area contributed by atoms with Gasteiger partial charge in [0.15, 0.2) is 0 Å². The molecule has 2 aliphatic rings. The summed E-state index contributed by atoms with van der Waals surface area (Å²) in [5, 5.41) is 12.1. The third kappa shape index (κ3) is 3.85. The first-order chi connectivity index (χ1) is 9.58. The molecule has 0 aromatic carbocycles. The lowest BCUT2D eigenvalue weighted by Gasteiger charge is -2.34. The van der Waals surface area contributed by atoms with Crippen molar-refractivity contribution in [2.45, 2.75) is 38.6 Å². The number of rotatable bonds is 3. The monoisotopic (exact) mass is 284 g/mol. The summed E-state index contributed by atoms with van der Waals surface area (Å²) < 4.78 is 5.32. The number of aliphatic carboxylic acids is 1. The molecule has 2 aliphatic heterocycles. The molecular formula is C14H24N2O4. The van der Waals surface area contributed by atoms with Crippen LogP contribution in [0.5, 0.6) is 0 Å². The number of hydrogen-bond acceptors (Lipinski definition) is 3. The van der Waals surface area contributed by atoms with Crippen molar-refractivity contribution in [3.63, 3.8) is 0 Å². The van der Waals surface area contributed by atoms with E-state index in [1.165, 1.54) is 0 Å². The summed E-state index contributed by atoms with van der Waals surface area (Å²) in [6.45, 7) is 4.51. The molecule has 114 valence electrons. The Hall–Kier alpha value is -1.30. The Morgan fingerprint density at radius 3 is 2.65 bits per heavy atom. The first kappa shape index (κ1) is 15.1. The van der Waals surface area contributed by atoms with Crippen molar-refractivity contribution in [1.29, 1.82) is 0 Å². The standard InChI is InChI=1S/C14H24N2O4/c1-10(11-4-7-20-8-5-11)15-14(19)16-6-2-3-12(9-16)13(17)18/h10-12H,2-9H2,1H3,(H,15,19)(H,17,18). The summed E-state index contributed by atoms with van der Waals surface area (Å²) in [6.07, 6.45) is 3.36. The number of ether oxygens (including phenoxy) is 1. The Morgan fingerprint density at radius 2 is 2.00 bits per heavy atom. The van der Waals surface area contributed by atoms with Crippen LogP contribution in [0.15, 0.2) is 0 Å². The van der Waals surface area contributed by atoms with E-state index in [0.29, 0.717) is 25.4 Å². The van der Waals surface area contributed by atoms with E-state index in [1.54, 1.807) is 4.90 Å². The first-order valence-electron chi connectivity index (χ1n) is 7.44. The quantitative estimate of drug-likeness (QED) is 0.819. The maximum absolute atomic E-state index is 12.2. The number of carbonyl (C=O) groups excluding carboxylic acids is 1. The molecule has 2 atom stereocenters. The van der Waals surface area contributed by atoms with Gasteiger partial charge in [0.2, 0.25) is 0 Å². The van der Waals surface area contributed by atoms with Crippen molar-refractivity contribution in [2.24, 2.45) is 11.8 Å². The van der Waals surface area contributed by atoms with E-state index in [2.05, 4.69) is 5.32 Å². The van der Waals surface area contributed by atoms with Gasteiger partial charge in [-0.25, -0.2) is 4.79 Å². The number of hydrogen-bond donors (Lipinski definition) is 2. The largest absolute Gasteiger partial charge is 0.481 e. The van der Waals surface area contributed by atoms with Crippen LogP contribution in [0.3, 0.4) is 0 Å². The third-order valence-electron chi connectivity index (χ3n) is 4.38. The van der Waals surface area contributed by atoms with E-state index in [4.69, 9.17) is 9.84 Å². The fourth-order valence-electron chi connectivity index (χ4n) is 2.98. The maximum atomic E-state index is 12.2. The lowest BCUT2D eigenvalue weighted by molar-refractivity contribution is -0.143. The number of carboxylic acid groups (broad SMARTS) is 1. The molecule has 2 heterocycles. The van der Waals surface area contributed by atoms with Crippen molar-refractivity contribution < 1.29 is 19.4 Å². The highest BCUT2D eigenvalue weighted by Crippen LogP contribution is 2.20. The molecular weight excluding hydrogens is 260 g/mol. The van der Waals surface area contributed by atoms with E-state index < -0.39 is 11.9 Å². The van der Waals surface area contributed by atoms with Crippen molar-refractivity contribution in [1.82, 2.24) is 10.2 Å². The van der Waals surface area contributed by atoms with E-state index in [9.17, 15) is 9.59 Å². The maximum Gasteiger partial charge on any atom is 0.317 e. The fraction of sp³-hybridized carbons (Fsp3) is 0.857. The highest BCUT2D eigenvalue weighted by molar-refractivity contribution is 5.76. The molecule has 20 heavy (non-hydrogen) atoms. The number of likely N-dealkylation sites (tertiary alicyclic amines) is 1. The predicted molar refractivity (Wildman–Crippen MR) is 73.5 cm³/mol. The average molecular weight is 284 g/mol. The van der Waals surface area contributed by atoms with Crippen LogP contribution in [-0.2, 0) is 9.53 Å². The molecule has 0 aromatic rings. The molecule has 0 saturated carbocycles.